The second kappa shape index (κ2) is 5.24. The third-order valence-electron chi connectivity index (χ3n) is 3.34. The molecule has 0 bridgehead atoms. The minimum atomic E-state index is 0.318. The summed E-state index contributed by atoms with van der Waals surface area (Å²) in [5.41, 5.74) is 8.78. The van der Waals surface area contributed by atoms with Gasteiger partial charge in [-0.15, -0.1) is 0 Å². The lowest BCUT2D eigenvalue weighted by Gasteiger charge is -2.20. The van der Waals surface area contributed by atoms with Gasteiger partial charge in [-0.05, 0) is 53.4 Å². The lowest BCUT2D eigenvalue weighted by Crippen LogP contribution is -2.19. The molecule has 1 unspecified atom stereocenters. The van der Waals surface area contributed by atoms with Crippen LogP contribution in [0, 0.1) is 25.2 Å². The largest absolute Gasteiger partial charge is 0.384 e. The van der Waals surface area contributed by atoms with E-state index in [0.717, 1.165) is 24.2 Å². The van der Waals surface area contributed by atoms with Gasteiger partial charge in [0.25, 0.3) is 0 Å². The number of nitrogens with two attached hydrogens (primary N) is 1. The molecule has 0 saturated carbocycles. The van der Waals surface area contributed by atoms with Crippen LogP contribution in [-0.4, -0.2) is 30.1 Å². The van der Waals surface area contributed by atoms with Gasteiger partial charge < -0.3 is 15.2 Å². The molecule has 0 aliphatic heterocycles. The van der Waals surface area contributed by atoms with E-state index in [0.29, 0.717) is 17.4 Å². The fraction of sp³-hybridized carbons (Fsp3) is 0.615. The first-order valence-corrected chi connectivity index (χ1v) is 5.91. The lowest BCUT2D eigenvalue weighted by atomic mass is 10.2. The topological polar surface area (TPSA) is 58.0 Å². The quantitative estimate of drug-likeness (QED) is 0.867. The molecule has 2 N–H and O–H groups in total. The van der Waals surface area contributed by atoms with Crippen LogP contribution in [0.15, 0.2) is 0 Å². The van der Waals surface area contributed by atoms with E-state index < -0.39 is 0 Å². The molecule has 4 nitrogen and oxygen atoms in total. The number of aromatic nitrogens is 1. The summed E-state index contributed by atoms with van der Waals surface area (Å²) in [7, 11) is 4.12. The van der Waals surface area contributed by atoms with E-state index in [1.54, 1.807) is 0 Å². The zero-order valence-corrected chi connectivity index (χ0v) is 11.4. The maximum atomic E-state index is 9.09. The summed E-state index contributed by atoms with van der Waals surface area (Å²) in [6.45, 7) is 7.14. The van der Waals surface area contributed by atoms with Gasteiger partial charge in [0, 0.05) is 11.7 Å². The molecular weight excluding hydrogens is 212 g/mol. The van der Waals surface area contributed by atoms with Crippen molar-refractivity contribution in [3.05, 3.63) is 16.8 Å². The second-order valence-corrected chi connectivity index (χ2v) is 4.89. The van der Waals surface area contributed by atoms with Crippen molar-refractivity contribution >= 4 is 5.82 Å². The molecule has 94 valence electrons. The summed E-state index contributed by atoms with van der Waals surface area (Å²) in [4.78, 5) is 2.16. The standard InChI is InChI=1S/C13H22N4/c1-9(6-7-16(4)5)17-11(3)10(2)12(8-14)13(17)15/h9H,6-7,15H2,1-5H3. The van der Waals surface area contributed by atoms with Gasteiger partial charge in [0.15, 0.2) is 0 Å². The molecule has 1 heterocycles. The summed E-state index contributed by atoms with van der Waals surface area (Å²) in [5.74, 6) is 0.605. The molecule has 1 atom stereocenters. The molecule has 1 rings (SSSR count). The highest BCUT2D eigenvalue weighted by molar-refractivity contribution is 5.58. The molecule has 0 amide bonds. The third-order valence-corrected chi connectivity index (χ3v) is 3.34. The van der Waals surface area contributed by atoms with Gasteiger partial charge in [0.1, 0.15) is 11.9 Å². The second-order valence-electron chi connectivity index (χ2n) is 4.89. The van der Waals surface area contributed by atoms with Crippen LogP contribution in [0.2, 0.25) is 0 Å². The summed E-state index contributed by atoms with van der Waals surface area (Å²) >= 11 is 0. The SMILES string of the molecule is Cc1c(C#N)c(N)n(C(C)CCN(C)C)c1C. The number of hydrogen-bond donors (Lipinski definition) is 1. The fourth-order valence-electron chi connectivity index (χ4n) is 2.14. The fourth-order valence-corrected chi connectivity index (χ4v) is 2.14. The maximum absolute atomic E-state index is 9.09. The van der Waals surface area contributed by atoms with E-state index in [4.69, 9.17) is 11.0 Å². The Morgan fingerprint density at radius 2 is 2.00 bits per heavy atom. The molecule has 0 fully saturated rings. The van der Waals surface area contributed by atoms with Crippen LogP contribution in [0.1, 0.15) is 36.2 Å². The molecule has 0 aromatic carbocycles. The van der Waals surface area contributed by atoms with Gasteiger partial charge in [0.05, 0.1) is 5.56 Å². The minimum Gasteiger partial charge on any atom is -0.384 e. The number of nitriles is 1. The van der Waals surface area contributed by atoms with Crippen molar-refractivity contribution in [3.8, 4) is 6.07 Å². The monoisotopic (exact) mass is 234 g/mol. The summed E-state index contributed by atoms with van der Waals surface area (Å²) in [6.07, 6.45) is 1.02. The number of rotatable bonds is 4. The van der Waals surface area contributed by atoms with Gasteiger partial charge in [0.2, 0.25) is 0 Å². The van der Waals surface area contributed by atoms with Gasteiger partial charge in [-0.1, -0.05) is 0 Å². The third kappa shape index (κ3) is 2.62. The average Bonchev–Trinajstić information content (AvgIpc) is 2.47. The van der Waals surface area contributed by atoms with Crippen LogP contribution < -0.4 is 5.73 Å². The predicted octanol–water partition coefficient (Wildman–Crippen LogP) is 2.07. The molecule has 0 spiro atoms. The van der Waals surface area contributed by atoms with E-state index in [2.05, 4.69) is 36.6 Å². The van der Waals surface area contributed by atoms with Crippen molar-refractivity contribution in [2.45, 2.75) is 33.2 Å². The van der Waals surface area contributed by atoms with Crippen molar-refractivity contribution in [3.63, 3.8) is 0 Å². The molecule has 17 heavy (non-hydrogen) atoms. The van der Waals surface area contributed by atoms with E-state index >= 15 is 0 Å². The Kier molecular flexibility index (Phi) is 4.19. The Morgan fingerprint density at radius 3 is 2.41 bits per heavy atom. The van der Waals surface area contributed by atoms with Crippen LogP contribution in [0.25, 0.3) is 0 Å². The molecule has 0 radical (unpaired) electrons. The molecule has 0 saturated heterocycles. The van der Waals surface area contributed by atoms with Crippen molar-refractivity contribution in [1.82, 2.24) is 9.47 Å². The maximum Gasteiger partial charge on any atom is 0.122 e. The van der Waals surface area contributed by atoms with Gasteiger partial charge in [-0.2, -0.15) is 5.26 Å². The number of nitrogen functional groups attached to an aromatic ring is 1. The average molecular weight is 234 g/mol. The summed E-state index contributed by atoms with van der Waals surface area (Å²) < 4.78 is 2.08. The minimum absolute atomic E-state index is 0.318. The number of nitrogens with zero attached hydrogens (tertiary/aromatic N) is 3. The van der Waals surface area contributed by atoms with E-state index in [9.17, 15) is 0 Å². The highest BCUT2D eigenvalue weighted by Gasteiger charge is 2.18. The first-order valence-electron chi connectivity index (χ1n) is 5.91. The predicted molar refractivity (Wildman–Crippen MR) is 70.9 cm³/mol. The van der Waals surface area contributed by atoms with E-state index in [1.807, 2.05) is 13.8 Å². The first kappa shape index (κ1) is 13.6. The van der Waals surface area contributed by atoms with Crippen molar-refractivity contribution in [2.24, 2.45) is 0 Å². The summed E-state index contributed by atoms with van der Waals surface area (Å²) in [5, 5.41) is 9.09. The lowest BCUT2D eigenvalue weighted by molar-refractivity contribution is 0.357. The van der Waals surface area contributed by atoms with Crippen molar-refractivity contribution in [1.29, 1.82) is 5.26 Å². The smallest absolute Gasteiger partial charge is 0.122 e. The molecule has 0 aliphatic rings. The van der Waals surface area contributed by atoms with E-state index in [-0.39, 0.29) is 0 Å². The van der Waals surface area contributed by atoms with Gasteiger partial charge in [-0.25, -0.2) is 0 Å². The number of hydrogen-bond acceptors (Lipinski definition) is 3. The van der Waals surface area contributed by atoms with Crippen LogP contribution in [0.5, 0.6) is 0 Å². The van der Waals surface area contributed by atoms with E-state index in [1.165, 1.54) is 0 Å². The molecule has 1 aromatic heterocycles. The Labute approximate surface area is 104 Å². The first-order chi connectivity index (χ1) is 7.90. The van der Waals surface area contributed by atoms with Crippen LogP contribution in [0.4, 0.5) is 5.82 Å². The Balaban J connectivity index is 3.02. The van der Waals surface area contributed by atoms with Gasteiger partial charge >= 0.3 is 0 Å². The zero-order valence-electron chi connectivity index (χ0n) is 11.4. The molecular formula is C13H22N4. The zero-order chi connectivity index (χ0) is 13.2. The highest BCUT2D eigenvalue weighted by Crippen LogP contribution is 2.28. The molecule has 4 heteroatoms. The Bertz CT molecular complexity index is 437. The van der Waals surface area contributed by atoms with Crippen molar-refractivity contribution < 1.29 is 0 Å². The van der Waals surface area contributed by atoms with Crippen LogP contribution in [-0.2, 0) is 0 Å². The van der Waals surface area contributed by atoms with Crippen molar-refractivity contribution in [2.75, 3.05) is 26.4 Å². The normalized spacial score (nSPS) is 12.8. The molecule has 1 aromatic rings. The summed E-state index contributed by atoms with van der Waals surface area (Å²) in [6, 6.07) is 2.51. The Hall–Kier alpha value is -1.47. The van der Waals surface area contributed by atoms with Crippen LogP contribution >= 0.6 is 0 Å². The Morgan fingerprint density at radius 1 is 1.41 bits per heavy atom. The van der Waals surface area contributed by atoms with Gasteiger partial charge in [-0.3, -0.25) is 0 Å². The molecule has 0 aliphatic carbocycles. The number of anilines is 1. The highest BCUT2D eigenvalue weighted by atomic mass is 15.1. The van der Waals surface area contributed by atoms with Crippen LogP contribution in [0.3, 0.4) is 0 Å².